The third-order valence-electron chi connectivity index (χ3n) is 5.11. The Morgan fingerprint density at radius 3 is 2.35 bits per heavy atom. The Balaban J connectivity index is 1.90. The van der Waals surface area contributed by atoms with Crippen LogP contribution in [0, 0.1) is 6.92 Å². The Labute approximate surface area is 197 Å². The van der Waals surface area contributed by atoms with Gasteiger partial charge in [0.15, 0.2) is 0 Å². The fourth-order valence-electron chi connectivity index (χ4n) is 3.42. The number of carbonyl (C=O) groups is 2. The third kappa shape index (κ3) is 5.75. The van der Waals surface area contributed by atoms with Crippen molar-refractivity contribution in [3.63, 3.8) is 0 Å². The number of ether oxygens (including phenoxy) is 3. The fourth-order valence-corrected chi connectivity index (χ4v) is 3.42. The SMILES string of the molecule is CC[C@H](NC(=O)OC(C)(C)C)C(=O)Oc1ccc2c(-c3ccc(OC)cc3)cc(=O)oc2c1C. The van der Waals surface area contributed by atoms with Crippen LogP contribution < -0.4 is 20.4 Å². The summed E-state index contributed by atoms with van der Waals surface area (Å²) in [4.78, 5) is 37.1. The molecule has 8 heteroatoms. The van der Waals surface area contributed by atoms with Crippen molar-refractivity contribution in [3.8, 4) is 22.6 Å². The zero-order chi connectivity index (χ0) is 25.0. The molecule has 1 aromatic heterocycles. The van der Waals surface area contributed by atoms with Crippen LogP contribution in [-0.4, -0.2) is 30.8 Å². The molecule has 1 atom stereocenters. The molecule has 180 valence electrons. The fraction of sp³-hybridized carbons (Fsp3) is 0.346. The van der Waals surface area contributed by atoms with Gasteiger partial charge in [-0.25, -0.2) is 14.4 Å². The molecule has 0 bridgehead atoms. The monoisotopic (exact) mass is 467 g/mol. The molecule has 3 aromatic rings. The van der Waals surface area contributed by atoms with Crippen LogP contribution in [0.1, 0.15) is 39.7 Å². The number of alkyl carbamates (subject to hydrolysis) is 1. The predicted octanol–water partition coefficient (Wildman–Crippen LogP) is 4.99. The second kappa shape index (κ2) is 9.99. The molecular formula is C26H29NO7. The molecule has 1 heterocycles. The summed E-state index contributed by atoms with van der Waals surface area (Å²) in [6.45, 7) is 8.65. The van der Waals surface area contributed by atoms with Gasteiger partial charge in [-0.15, -0.1) is 0 Å². The van der Waals surface area contributed by atoms with E-state index in [-0.39, 0.29) is 5.75 Å². The maximum Gasteiger partial charge on any atom is 0.408 e. The van der Waals surface area contributed by atoms with E-state index in [0.717, 1.165) is 5.56 Å². The molecule has 0 saturated carbocycles. The quantitative estimate of drug-likeness (QED) is 0.309. The second-order valence-electron chi connectivity index (χ2n) is 8.80. The molecule has 0 radical (unpaired) electrons. The number of aryl methyl sites for hydroxylation is 1. The van der Waals surface area contributed by atoms with Gasteiger partial charge in [0.25, 0.3) is 0 Å². The van der Waals surface area contributed by atoms with Gasteiger partial charge in [-0.05, 0) is 69.5 Å². The van der Waals surface area contributed by atoms with Gasteiger partial charge in [0.1, 0.15) is 28.7 Å². The van der Waals surface area contributed by atoms with Gasteiger partial charge in [0.05, 0.1) is 7.11 Å². The molecule has 3 rings (SSSR count). The van der Waals surface area contributed by atoms with E-state index in [2.05, 4.69) is 5.32 Å². The number of nitrogens with one attached hydrogen (secondary N) is 1. The van der Waals surface area contributed by atoms with Crippen molar-refractivity contribution in [2.45, 2.75) is 52.7 Å². The molecule has 1 N–H and O–H groups in total. The summed E-state index contributed by atoms with van der Waals surface area (Å²) < 4.78 is 21.5. The van der Waals surface area contributed by atoms with Crippen molar-refractivity contribution in [1.82, 2.24) is 5.32 Å². The highest BCUT2D eigenvalue weighted by Crippen LogP contribution is 2.34. The molecule has 8 nitrogen and oxygen atoms in total. The Kier molecular flexibility index (Phi) is 7.29. The minimum absolute atomic E-state index is 0.233. The zero-order valence-corrected chi connectivity index (χ0v) is 20.2. The zero-order valence-electron chi connectivity index (χ0n) is 20.2. The van der Waals surface area contributed by atoms with E-state index in [1.165, 1.54) is 6.07 Å². The number of hydrogen-bond acceptors (Lipinski definition) is 7. The van der Waals surface area contributed by atoms with Gasteiger partial charge in [-0.2, -0.15) is 0 Å². The predicted molar refractivity (Wildman–Crippen MR) is 128 cm³/mol. The van der Waals surface area contributed by atoms with E-state index in [1.807, 2.05) is 12.1 Å². The van der Waals surface area contributed by atoms with Gasteiger partial charge >= 0.3 is 17.7 Å². The van der Waals surface area contributed by atoms with Gasteiger partial charge in [-0.3, -0.25) is 0 Å². The first kappa shape index (κ1) is 24.8. The molecule has 0 aliphatic rings. The van der Waals surface area contributed by atoms with Gasteiger partial charge in [-0.1, -0.05) is 19.1 Å². The molecule has 1 amide bonds. The minimum atomic E-state index is -0.900. The molecule has 0 aliphatic carbocycles. The molecule has 0 fully saturated rings. The van der Waals surface area contributed by atoms with Crippen LogP contribution in [0.3, 0.4) is 0 Å². The highest BCUT2D eigenvalue weighted by atomic mass is 16.6. The average Bonchev–Trinajstić information content (AvgIpc) is 2.78. The Hall–Kier alpha value is -3.81. The minimum Gasteiger partial charge on any atom is -0.497 e. The first-order chi connectivity index (χ1) is 16.0. The lowest BCUT2D eigenvalue weighted by Crippen LogP contribution is -2.44. The lowest BCUT2D eigenvalue weighted by atomic mass is 10.00. The number of methoxy groups -OCH3 is 1. The molecule has 0 saturated heterocycles. The van der Waals surface area contributed by atoms with Crippen LogP contribution in [0.4, 0.5) is 4.79 Å². The topological polar surface area (TPSA) is 104 Å². The summed E-state index contributed by atoms with van der Waals surface area (Å²) in [5, 5.41) is 3.22. The summed E-state index contributed by atoms with van der Waals surface area (Å²) in [6.07, 6.45) is -0.400. The van der Waals surface area contributed by atoms with E-state index in [0.29, 0.717) is 34.3 Å². The molecule has 0 aliphatic heterocycles. The number of esters is 1. The maximum absolute atomic E-state index is 12.8. The van der Waals surface area contributed by atoms with Crippen LogP contribution in [0.25, 0.3) is 22.1 Å². The molecular weight excluding hydrogens is 438 g/mol. The second-order valence-corrected chi connectivity index (χ2v) is 8.80. The largest absolute Gasteiger partial charge is 0.497 e. The lowest BCUT2D eigenvalue weighted by Gasteiger charge is -2.22. The van der Waals surface area contributed by atoms with Gasteiger partial charge < -0.3 is 23.9 Å². The Morgan fingerprint density at radius 1 is 1.09 bits per heavy atom. The smallest absolute Gasteiger partial charge is 0.408 e. The van der Waals surface area contributed by atoms with Crippen LogP contribution in [0.15, 0.2) is 51.7 Å². The van der Waals surface area contributed by atoms with Crippen molar-refractivity contribution in [2.24, 2.45) is 0 Å². The summed E-state index contributed by atoms with van der Waals surface area (Å²) in [6, 6.07) is 11.2. The standard InChI is InChI=1S/C26H29NO7/c1-7-20(27-25(30)34-26(3,4)5)24(29)32-21-13-12-18-19(14-22(28)33-23(18)15(21)2)16-8-10-17(31-6)11-9-16/h8-14,20H,7H2,1-6H3,(H,27,30)/t20-/m0/s1. The van der Waals surface area contributed by atoms with Crippen molar-refractivity contribution in [3.05, 3.63) is 58.4 Å². The van der Waals surface area contributed by atoms with Gasteiger partial charge in [0.2, 0.25) is 0 Å². The molecule has 0 unspecified atom stereocenters. The average molecular weight is 468 g/mol. The van der Waals surface area contributed by atoms with E-state index in [9.17, 15) is 14.4 Å². The van der Waals surface area contributed by atoms with Crippen LogP contribution in [0.2, 0.25) is 0 Å². The summed E-state index contributed by atoms with van der Waals surface area (Å²) in [7, 11) is 1.58. The first-order valence-electron chi connectivity index (χ1n) is 11.0. The van der Waals surface area contributed by atoms with Crippen molar-refractivity contribution in [1.29, 1.82) is 0 Å². The number of carbonyl (C=O) groups excluding carboxylic acids is 2. The van der Waals surface area contributed by atoms with Crippen LogP contribution in [0.5, 0.6) is 11.5 Å². The third-order valence-corrected chi connectivity index (χ3v) is 5.11. The van der Waals surface area contributed by atoms with E-state index in [4.69, 9.17) is 18.6 Å². The van der Waals surface area contributed by atoms with Crippen LogP contribution in [-0.2, 0) is 9.53 Å². The van der Waals surface area contributed by atoms with Crippen LogP contribution >= 0.6 is 0 Å². The summed E-state index contributed by atoms with van der Waals surface area (Å²) >= 11 is 0. The molecule has 34 heavy (non-hydrogen) atoms. The van der Waals surface area contributed by atoms with Gasteiger partial charge in [0, 0.05) is 17.0 Å². The Morgan fingerprint density at radius 2 is 1.76 bits per heavy atom. The highest BCUT2D eigenvalue weighted by molar-refractivity contribution is 5.96. The molecule has 0 spiro atoms. The van der Waals surface area contributed by atoms with Crippen molar-refractivity contribution in [2.75, 3.05) is 7.11 Å². The first-order valence-corrected chi connectivity index (χ1v) is 11.0. The number of benzene rings is 2. The lowest BCUT2D eigenvalue weighted by molar-refractivity contribution is -0.136. The van der Waals surface area contributed by atoms with Crippen molar-refractivity contribution >= 4 is 23.0 Å². The number of fused-ring (bicyclic) bond motifs is 1. The number of hydrogen-bond donors (Lipinski definition) is 1. The van der Waals surface area contributed by atoms with E-state index in [1.54, 1.807) is 66.0 Å². The maximum atomic E-state index is 12.8. The molecule has 2 aromatic carbocycles. The van der Waals surface area contributed by atoms with E-state index >= 15 is 0 Å². The highest BCUT2D eigenvalue weighted by Gasteiger charge is 2.25. The number of amides is 1. The summed E-state index contributed by atoms with van der Waals surface area (Å²) in [5.74, 6) is 0.285. The Bertz CT molecular complexity index is 1250. The van der Waals surface area contributed by atoms with Crippen molar-refractivity contribution < 1.29 is 28.2 Å². The normalized spacial score (nSPS) is 12.2. The van der Waals surface area contributed by atoms with E-state index < -0.39 is 29.3 Å². The number of rotatable bonds is 6. The summed E-state index contributed by atoms with van der Waals surface area (Å²) in [5.41, 5.74) is 1.09.